The highest BCUT2D eigenvalue weighted by atomic mass is 79.9. The molecule has 1 aromatic carbocycles. The fraction of sp³-hybridized carbons (Fsp3) is 0.375. The molecule has 4 atom stereocenters. The van der Waals surface area contributed by atoms with Crippen molar-refractivity contribution in [3.05, 3.63) is 33.2 Å². The van der Waals surface area contributed by atoms with Crippen molar-refractivity contribution < 1.29 is 18.0 Å². The van der Waals surface area contributed by atoms with E-state index in [-0.39, 0.29) is 49.3 Å². The van der Waals surface area contributed by atoms with Crippen LogP contribution in [0.25, 0.3) is 0 Å². The monoisotopic (exact) mass is 488 g/mol. The van der Waals surface area contributed by atoms with Crippen LogP contribution in [0.15, 0.2) is 38.1 Å². The molecule has 2 fully saturated rings. The minimum Gasteiger partial charge on any atom is -0.274 e. The number of rotatable bonds is 2. The summed E-state index contributed by atoms with van der Waals surface area (Å²) in [6.07, 6.45) is 5.96. The number of allylic oxidation sites excluding steroid dienone is 2. The van der Waals surface area contributed by atoms with Gasteiger partial charge in [-0.2, -0.15) is 0 Å². The number of halogens is 2. The molecule has 4 aliphatic rings. The maximum Gasteiger partial charge on any atom is 0.240 e. The van der Waals surface area contributed by atoms with E-state index in [0.29, 0.717) is 5.69 Å². The summed E-state index contributed by atoms with van der Waals surface area (Å²) in [4.78, 5) is 27.0. The molecule has 3 aliphatic carbocycles. The summed E-state index contributed by atoms with van der Waals surface area (Å²) in [6, 6.07) is 2.90. The van der Waals surface area contributed by atoms with Gasteiger partial charge in [-0.05, 0) is 68.7 Å². The molecule has 1 aliphatic heterocycles. The Kier molecular flexibility index (Phi) is 3.99. The zero-order valence-electron chi connectivity index (χ0n) is 12.9. The van der Waals surface area contributed by atoms with E-state index in [1.165, 1.54) is 17.0 Å². The number of carbonyl (C=O) groups excluding carboxylic acids is 2. The van der Waals surface area contributed by atoms with E-state index in [2.05, 4.69) is 44.0 Å². The second-order valence-corrected chi connectivity index (χ2v) is 9.84. The van der Waals surface area contributed by atoms with Crippen LogP contribution in [-0.2, 0) is 19.6 Å². The van der Waals surface area contributed by atoms with E-state index in [1.54, 1.807) is 0 Å². The Hall–Kier alpha value is -1.03. The van der Waals surface area contributed by atoms with Gasteiger partial charge in [-0.3, -0.25) is 9.59 Å². The van der Waals surface area contributed by atoms with Crippen molar-refractivity contribution in [2.24, 2.45) is 28.8 Å². The Morgan fingerprint density at radius 2 is 1.40 bits per heavy atom. The number of anilines is 1. The Bertz CT molecular complexity index is 888. The zero-order valence-corrected chi connectivity index (χ0v) is 16.8. The predicted octanol–water partition coefficient (Wildman–Crippen LogP) is 2.56. The van der Waals surface area contributed by atoms with Crippen molar-refractivity contribution in [1.29, 1.82) is 0 Å². The fourth-order valence-corrected chi connectivity index (χ4v) is 7.45. The normalized spacial score (nSPS) is 30.9. The van der Waals surface area contributed by atoms with E-state index in [9.17, 15) is 18.0 Å². The van der Waals surface area contributed by atoms with Crippen molar-refractivity contribution in [2.45, 2.75) is 17.7 Å². The van der Waals surface area contributed by atoms with Crippen LogP contribution >= 0.6 is 31.9 Å². The second-order valence-electron chi connectivity index (χ2n) is 6.64. The van der Waals surface area contributed by atoms with Gasteiger partial charge in [0.25, 0.3) is 0 Å². The maximum atomic E-state index is 12.9. The number of nitrogens with zero attached hydrogens (tertiary/aromatic N) is 1. The van der Waals surface area contributed by atoms with Crippen LogP contribution in [0.1, 0.15) is 12.8 Å². The first kappa shape index (κ1) is 17.4. The van der Waals surface area contributed by atoms with Crippen LogP contribution in [0, 0.1) is 23.7 Å². The standard InChI is InChI=1S/C16H14Br2N2O4S/c17-10-5-9(6-11(18)14(10)25(19,23)24)20-15(21)12-7-1-2-8(4-3-7)13(12)16(20)22/h1-2,5-8,12-13H,3-4H2,(H2,19,23,24). The van der Waals surface area contributed by atoms with Crippen LogP contribution in [0.4, 0.5) is 5.69 Å². The highest BCUT2D eigenvalue weighted by Crippen LogP contribution is 2.50. The molecule has 1 heterocycles. The molecule has 0 spiro atoms. The van der Waals surface area contributed by atoms with Crippen molar-refractivity contribution in [3.8, 4) is 0 Å². The number of hydrogen-bond donors (Lipinski definition) is 1. The SMILES string of the molecule is NS(=O)(=O)c1c(Br)cc(N2C(=O)C3C4C=CC(CC4)C3C2=O)cc1Br. The lowest BCUT2D eigenvalue weighted by Crippen LogP contribution is -2.38. The van der Waals surface area contributed by atoms with Crippen molar-refractivity contribution >= 4 is 59.4 Å². The average Bonchev–Trinajstić information content (AvgIpc) is 2.80. The largest absolute Gasteiger partial charge is 0.274 e. The summed E-state index contributed by atoms with van der Waals surface area (Å²) < 4.78 is 23.8. The lowest BCUT2D eigenvalue weighted by Gasteiger charge is -2.38. The van der Waals surface area contributed by atoms with E-state index < -0.39 is 10.0 Å². The molecule has 1 saturated carbocycles. The molecule has 1 saturated heterocycles. The van der Waals surface area contributed by atoms with Gasteiger partial charge in [0.2, 0.25) is 21.8 Å². The maximum absolute atomic E-state index is 12.9. The van der Waals surface area contributed by atoms with Crippen LogP contribution in [0.5, 0.6) is 0 Å². The highest BCUT2D eigenvalue weighted by molar-refractivity contribution is 9.11. The third-order valence-corrected chi connectivity index (χ3v) is 8.07. The molecule has 132 valence electrons. The fourth-order valence-electron chi connectivity index (χ4n) is 4.28. The minimum atomic E-state index is -3.95. The Balaban J connectivity index is 1.79. The van der Waals surface area contributed by atoms with Gasteiger partial charge in [0, 0.05) is 8.95 Å². The first-order chi connectivity index (χ1) is 11.7. The van der Waals surface area contributed by atoms with Crippen molar-refractivity contribution in [1.82, 2.24) is 0 Å². The van der Waals surface area contributed by atoms with Gasteiger partial charge < -0.3 is 0 Å². The van der Waals surface area contributed by atoms with Gasteiger partial charge in [0.05, 0.1) is 17.5 Å². The first-order valence-electron chi connectivity index (χ1n) is 7.78. The van der Waals surface area contributed by atoms with Crippen molar-refractivity contribution in [2.75, 3.05) is 4.90 Å². The van der Waals surface area contributed by atoms with Crippen LogP contribution in [0.2, 0.25) is 0 Å². The number of benzene rings is 1. The highest BCUT2D eigenvalue weighted by Gasteiger charge is 2.56. The average molecular weight is 490 g/mol. The second kappa shape index (κ2) is 5.73. The number of fused-ring (bicyclic) bond motifs is 1. The summed E-state index contributed by atoms with van der Waals surface area (Å²) >= 11 is 6.37. The van der Waals surface area contributed by atoms with Gasteiger partial charge >= 0.3 is 0 Å². The zero-order chi connectivity index (χ0) is 18.1. The number of amides is 2. The van der Waals surface area contributed by atoms with E-state index in [4.69, 9.17) is 5.14 Å². The summed E-state index contributed by atoms with van der Waals surface area (Å²) in [7, 11) is -3.95. The molecule has 4 unspecified atom stereocenters. The molecule has 0 aromatic heterocycles. The van der Waals surface area contributed by atoms with Gasteiger partial charge in [0.15, 0.2) is 0 Å². The Morgan fingerprint density at radius 1 is 0.960 bits per heavy atom. The third-order valence-electron chi connectivity index (χ3n) is 5.29. The van der Waals surface area contributed by atoms with Crippen molar-refractivity contribution in [3.63, 3.8) is 0 Å². The summed E-state index contributed by atoms with van der Waals surface area (Å²) in [5, 5.41) is 5.21. The number of carbonyl (C=O) groups is 2. The molecule has 1 aromatic rings. The van der Waals surface area contributed by atoms with Crippen LogP contribution in [-0.4, -0.2) is 20.2 Å². The van der Waals surface area contributed by atoms with E-state index in [1.807, 2.05) is 0 Å². The molecule has 2 N–H and O–H groups in total. The quantitative estimate of drug-likeness (QED) is 0.509. The van der Waals surface area contributed by atoms with E-state index >= 15 is 0 Å². The molecule has 5 rings (SSSR count). The molecule has 25 heavy (non-hydrogen) atoms. The molecular weight excluding hydrogens is 476 g/mol. The predicted molar refractivity (Wildman–Crippen MR) is 98.0 cm³/mol. The third kappa shape index (κ3) is 2.55. The Labute approximate surface area is 161 Å². The summed E-state index contributed by atoms with van der Waals surface area (Å²) in [6.45, 7) is 0. The number of sulfonamides is 1. The molecule has 9 heteroatoms. The smallest absolute Gasteiger partial charge is 0.240 e. The summed E-state index contributed by atoms with van der Waals surface area (Å²) in [5.41, 5.74) is 0.343. The molecule has 0 radical (unpaired) electrons. The van der Waals surface area contributed by atoms with Gasteiger partial charge in [-0.15, -0.1) is 0 Å². The topological polar surface area (TPSA) is 97.5 Å². The lowest BCUT2D eigenvalue weighted by atomic mass is 9.63. The molecular formula is C16H14Br2N2O4S. The van der Waals surface area contributed by atoms with Crippen LogP contribution in [0.3, 0.4) is 0 Å². The number of imide groups is 1. The van der Waals surface area contributed by atoms with E-state index in [0.717, 1.165) is 12.8 Å². The van der Waals surface area contributed by atoms with Gasteiger partial charge in [0.1, 0.15) is 4.90 Å². The lowest BCUT2D eigenvalue weighted by molar-refractivity contribution is -0.124. The van der Waals surface area contributed by atoms with Gasteiger partial charge in [-0.25, -0.2) is 18.5 Å². The number of primary sulfonamides is 1. The molecule has 2 amide bonds. The Morgan fingerprint density at radius 3 is 1.76 bits per heavy atom. The van der Waals surface area contributed by atoms with Gasteiger partial charge in [-0.1, -0.05) is 12.2 Å². The molecule has 2 bridgehead atoms. The number of nitrogens with two attached hydrogens (primary N) is 1. The van der Waals surface area contributed by atoms with Crippen LogP contribution < -0.4 is 10.0 Å². The first-order valence-corrected chi connectivity index (χ1v) is 10.9. The number of hydrogen-bond acceptors (Lipinski definition) is 4. The summed E-state index contributed by atoms with van der Waals surface area (Å²) in [5.74, 6) is -0.843. The molecule has 6 nitrogen and oxygen atoms in total. The minimum absolute atomic E-state index is 0.104.